The second-order valence-electron chi connectivity index (χ2n) is 6.10. The molecule has 8 heteroatoms. The third kappa shape index (κ3) is 3.59. The molecule has 0 radical (unpaired) electrons. The van der Waals surface area contributed by atoms with Gasteiger partial charge in [0.05, 0.1) is 6.54 Å². The first kappa shape index (κ1) is 16.9. The van der Waals surface area contributed by atoms with E-state index in [2.05, 4.69) is 10.1 Å². The third-order valence-corrected chi connectivity index (χ3v) is 6.02. The van der Waals surface area contributed by atoms with Crippen LogP contribution in [0.2, 0.25) is 0 Å². The lowest BCUT2D eigenvalue weighted by Crippen LogP contribution is -2.35. The van der Waals surface area contributed by atoms with Crippen molar-refractivity contribution in [2.45, 2.75) is 37.6 Å². The van der Waals surface area contributed by atoms with E-state index in [0.717, 1.165) is 30.7 Å². The van der Waals surface area contributed by atoms with Crippen LogP contribution >= 0.6 is 0 Å². The molecule has 130 valence electrons. The Morgan fingerprint density at radius 3 is 2.58 bits per heavy atom. The zero-order valence-corrected chi connectivity index (χ0v) is 14.8. The van der Waals surface area contributed by atoms with Crippen LogP contribution in [0.25, 0.3) is 0 Å². The molecule has 0 saturated carbocycles. The van der Waals surface area contributed by atoms with Gasteiger partial charge in [0, 0.05) is 32.4 Å². The predicted octanol–water partition coefficient (Wildman–Crippen LogP) is 2.19. The Balaban J connectivity index is 1.72. The maximum absolute atomic E-state index is 12.6. The molecule has 0 aromatic carbocycles. The molecular formula is C16H22N4O3S. The highest BCUT2D eigenvalue weighted by molar-refractivity contribution is 7.89. The van der Waals surface area contributed by atoms with Crippen LogP contribution in [0.3, 0.4) is 0 Å². The molecule has 2 aromatic heterocycles. The van der Waals surface area contributed by atoms with Crippen molar-refractivity contribution in [3.05, 3.63) is 35.9 Å². The minimum Gasteiger partial charge on any atom is -0.361 e. The summed E-state index contributed by atoms with van der Waals surface area (Å²) >= 11 is 0. The van der Waals surface area contributed by atoms with Crippen LogP contribution in [0.5, 0.6) is 0 Å². The molecule has 0 aliphatic carbocycles. The predicted molar refractivity (Wildman–Crippen MR) is 90.2 cm³/mol. The number of nitrogens with zero attached hydrogens (tertiary/aromatic N) is 4. The highest BCUT2D eigenvalue weighted by Crippen LogP contribution is 2.21. The molecule has 1 aliphatic heterocycles. The van der Waals surface area contributed by atoms with Crippen LogP contribution in [0.1, 0.15) is 30.7 Å². The van der Waals surface area contributed by atoms with Crippen LogP contribution < -0.4 is 4.90 Å². The van der Waals surface area contributed by atoms with Crippen LogP contribution in [0, 0.1) is 6.92 Å². The smallest absolute Gasteiger partial charge is 0.244 e. The van der Waals surface area contributed by atoms with E-state index in [1.54, 1.807) is 16.4 Å². The average molecular weight is 350 g/mol. The van der Waals surface area contributed by atoms with Crippen LogP contribution in [-0.4, -0.2) is 43.0 Å². The summed E-state index contributed by atoms with van der Waals surface area (Å²) in [6.45, 7) is 3.57. The molecule has 1 saturated heterocycles. The van der Waals surface area contributed by atoms with E-state index < -0.39 is 10.0 Å². The highest BCUT2D eigenvalue weighted by Gasteiger charge is 2.26. The van der Waals surface area contributed by atoms with E-state index in [9.17, 15) is 8.42 Å². The standard InChI is InChI=1S/C16H22N4O3S/c1-13-10-14(18-23-13)12-19(2)16-7-6-15(11-17-16)24(21,22)20-8-4-3-5-9-20/h6-7,10-11H,3-5,8-9,12H2,1-2H3. The molecule has 2 aromatic rings. The largest absolute Gasteiger partial charge is 0.361 e. The molecule has 0 atom stereocenters. The van der Waals surface area contributed by atoms with Gasteiger partial charge in [-0.05, 0) is 31.9 Å². The Bertz CT molecular complexity index is 780. The van der Waals surface area contributed by atoms with Gasteiger partial charge in [0.15, 0.2) is 0 Å². The number of rotatable bonds is 5. The topological polar surface area (TPSA) is 79.5 Å². The molecule has 3 rings (SSSR count). The van der Waals surface area contributed by atoms with Crippen molar-refractivity contribution in [3.63, 3.8) is 0 Å². The van der Waals surface area contributed by atoms with Gasteiger partial charge in [0.2, 0.25) is 10.0 Å². The van der Waals surface area contributed by atoms with Crippen molar-refractivity contribution < 1.29 is 12.9 Å². The molecule has 0 bridgehead atoms. The van der Waals surface area contributed by atoms with Crippen LogP contribution in [0.4, 0.5) is 5.82 Å². The first-order valence-electron chi connectivity index (χ1n) is 8.06. The number of piperidine rings is 1. The van der Waals surface area contributed by atoms with E-state index in [0.29, 0.717) is 25.5 Å². The van der Waals surface area contributed by atoms with E-state index in [1.165, 1.54) is 6.20 Å². The normalized spacial score (nSPS) is 16.2. The Hall–Kier alpha value is -1.93. The van der Waals surface area contributed by atoms with Crippen molar-refractivity contribution in [3.8, 4) is 0 Å². The van der Waals surface area contributed by atoms with Gasteiger partial charge in [0.1, 0.15) is 22.2 Å². The van der Waals surface area contributed by atoms with E-state index >= 15 is 0 Å². The summed E-state index contributed by atoms with van der Waals surface area (Å²) < 4.78 is 31.8. The maximum atomic E-state index is 12.6. The third-order valence-electron chi connectivity index (χ3n) is 4.14. The lowest BCUT2D eigenvalue weighted by Gasteiger charge is -2.26. The minimum atomic E-state index is -3.44. The van der Waals surface area contributed by atoms with E-state index in [4.69, 9.17) is 4.52 Å². The molecule has 0 N–H and O–H groups in total. The van der Waals surface area contributed by atoms with Crippen molar-refractivity contribution in [1.82, 2.24) is 14.4 Å². The zero-order valence-electron chi connectivity index (χ0n) is 14.0. The van der Waals surface area contributed by atoms with Crippen molar-refractivity contribution in [2.24, 2.45) is 0 Å². The monoisotopic (exact) mass is 350 g/mol. The van der Waals surface area contributed by atoms with Gasteiger partial charge >= 0.3 is 0 Å². The van der Waals surface area contributed by atoms with E-state index in [1.807, 2.05) is 24.9 Å². The summed E-state index contributed by atoms with van der Waals surface area (Å²) in [4.78, 5) is 6.45. The van der Waals surface area contributed by atoms with Gasteiger partial charge in [-0.15, -0.1) is 0 Å². The summed E-state index contributed by atoms with van der Waals surface area (Å²) in [6.07, 6.45) is 4.37. The summed E-state index contributed by atoms with van der Waals surface area (Å²) in [5, 5.41) is 3.95. The molecular weight excluding hydrogens is 328 g/mol. The number of hydrogen-bond donors (Lipinski definition) is 0. The summed E-state index contributed by atoms with van der Waals surface area (Å²) in [5.41, 5.74) is 0.807. The van der Waals surface area contributed by atoms with E-state index in [-0.39, 0.29) is 4.90 Å². The maximum Gasteiger partial charge on any atom is 0.244 e. The Labute approximate surface area is 142 Å². The SMILES string of the molecule is Cc1cc(CN(C)c2ccc(S(=O)(=O)N3CCCCC3)cn2)no1. The molecule has 0 unspecified atom stereocenters. The molecule has 1 fully saturated rings. The van der Waals surface area contributed by atoms with Crippen molar-refractivity contribution in [2.75, 3.05) is 25.0 Å². The van der Waals surface area contributed by atoms with Gasteiger partial charge in [-0.3, -0.25) is 0 Å². The number of pyridine rings is 1. The summed E-state index contributed by atoms with van der Waals surface area (Å²) in [6, 6.07) is 5.21. The first-order valence-corrected chi connectivity index (χ1v) is 9.50. The lowest BCUT2D eigenvalue weighted by molar-refractivity contribution is 0.346. The number of aryl methyl sites for hydroxylation is 1. The number of anilines is 1. The van der Waals surface area contributed by atoms with Crippen molar-refractivity contribution >= 4 is 15.8 Å². The van der Waals surface area contributed by atoms with Gasteiger partial charge in [-0.1, -0.05) is 11.6 Å². The lowest BCUT2D eigenvalue weighted by atomic mass is 10.2. The second kappa shape index (κ2) is 6.90. The van der Waals surface area contributed by atoms with Crippen LogP contribution in [0.15, 0.2) is 33.8 Å². The fourth-order valence-corrected chi connectivity index (χ4v) is 4.28. The van der Waals surface area contributed by atoms with Gasteiger partial charge < -0.3 is 9.42 Å². The highest BCUT2D eigenvalue weighted by atomic mass is 32.2. The zero-order chi connectivity index (χ0) is 17.2. The number of aromatic nitrogens is 2. The number of hydrogen-bond acceptors (Lipinski definition) is 6. The van der Waals surface area contributed by atoms with Crippen molar-refractivity contribution in [1.29, 1.82) is 0 Å². The molecule has 0 amide bonds. The fraction of sp³-hybridized carbons (Fsp3) is 0.500. The van der Waals surface area contributed by atoms with Crippen LogP contribution in [-0.2, 0) is 16.6 Å². The first-order chi connectivity index (χ1) is 11.5. The minimum absolute atomic E-state index is 0.249. The average Bonchev–Trinajstić information content (AvgIpc) is 3.00. The Morgan fingerprint density at radius 2 is 2.00 bits per heavy atom. The Kier molecular flexibility index (Phi) is 4.86. The van der Waals surface area contributed by atoms with Gasteiger partial charge in [0.25, 0.3) is 0 Å². The molecule has 3 heterocycles. The molecule has 24 heavy (non-hydrogen) atoms. The summed E-state index contributed by atoms with van der Waals surface area (Å²) in [5.74, 6) is 1.45. The summed E-state index contributed by atoms with van der Waals surface area (Å²) in [7, 11) is -1.55. The molecule has 7 nitrogen and oxygen atoms in total. The second-order valence-corrected chi connectivity index (χ2v) is 8.04. The molecule has 1 aliphatic rings. The van der Waals surface area contributed by atoms with Gasteiger partial charge in [-0.25, -0.2) is 13.4 Å². The number of sulfonamides is 1. The Morgan fingerprint density at radius 1 is 1.25 bits per heavy atom. The fourth-order valence-electron chi connectivity index (χ4n) is 2.82. The quantitative estimate of drug-likeness (QED) is 0.822. The van der Waals surface area contributed by atoms with Gasteiger partial charge in [-0.2, -0.15) is 4.31 Å². The molecule has 0 spiro atoms.